The highest BCUT2D eigenvalue weighted by Crippen LogP contribution is 2.40. The molecule has 12 heteroatoms. The van der Waals surface area contributed by atoms with Crippen LogP contribution in [0.25, 0.3) is 21.5 Å². The molecule has 5 heterocycles. The molecule has 0 amide bonds. The quantitative estimate of drug-likeness (QED) is 0.260. The summed E-state index contributed by atoms with van der Waals surface area (Å²) in [6.45, 7) is 12.9. The zero-order valence-electron chi connectivity index (χ0n) is 21.2. The van der Waals surface area contributed by atoms with E-state index in [0.29, 0.717) is 34.4 Å². The summed E-state index contributed by atoms with van der Waals surface area (Å²) in [6, 6.07) is 8.96. The number of anilines is 1. The SMILES string of the molecule is [C-]#[N+]c1cc(F)ccc1Sc1cc(-c2cnn([C@H]3CCCN(c4nc(C)no4)C3)c2C)cn2ncc(C#N)c12. The van der Waals surface area contributed by atoms with Gasteiger partial charge in [0.05, 0.1) is 36.1 Å². The molecule has 0 radical (unpaired) electrons. The van der Waals surface area contributed by atoms with Crippen LogP contribution in [-0.4, -0.2) is 42.6 Å². The van der Waals surface area contributed by atoms with E-state index in [4.69, 9.17) is 16.2 Å². The highest BCUT2D eigenvalue weighted by molar-refractivity contribution is 7.99. The number of nitriles is 1. The van der Waals surface area contributed by atoms with Crippen LogP contribution in [0.4, 0.5) is 16.1 Å². The lowest BCUT2D eigenvalue weighted by atomic mass is 10.0. The molecule has 1 aromatic carbocycles. The van der Waals surface area contributed by atoms with Crippen molar-refractivity contribution < 1.29 is 8.91 Å². The van der Waals surface area contributed by atoms with E-state index >= 15 is 0 Å². The molecule has 0 saturated carbocycles. The minimum atomic E-state index is -0.468. The van der Waals surface area contributed by atoms with Crippen LogP contribution in [0, 0.1) is 37.6 Å². The average Bonchev–Trinajstić information content (AvgIpc) is 3.67. The summed E-state index contributed by atoms with van der Waals surface area (Å²) in [6.07, 6.45) is 7.19. The zero-order chi connectivity index (χ0) is 27.1. The summed E-state index contributed by atoms with van der Waals surface area (Å²) < 4.78 is 22.9. The second-order valence-corrected chi connectivity index (χ2v) is 10.4. The number of aromatic nitrogens is 6. The van der Waals surface area contributed by atoms with E-state index in [1.165, 1.54) is 30.1 Å². The number of piperidine rings is 1. The Morgan fingerprint density at radius 3 is 2.85 bits per heavy atom. The lowest BCUT2D eigenvalue weighted by Crippen LogP contribution is -2.37. The summed E-state index contributed by atoms with van der Waals surface area (Å²) in [5, 5.41) is 22.8. The topological polar surface area (TPSA) is 105 Å². The number of nitrogens with zero attached hydrogens (tertiary/aromatic N) is 9. The first-order chi connectivity index (χ1) is 18.9. The number of hydrogen-bond acceptors (Lipinski definition) is 8. The Hall–Kier alpha value is -4.68. The van der Waals surface area contributed by atoms with Gasteiger partial charge in [-0.25, -0.2) is 13.8 Å². The minimum Gasteiger partial charge on any atom is -0.322 e. The van der Waals surface area contributed by atoms with Crippen molar-refractivity contribution in [3.8, 4) is 17.2 Å². The van der Waals surface area contributed by atoms with E-state index in [1.54, 1.807) is 17.5 Å². The molecule has 1 aliphatic rings. The number of rotatable bonds is 5. The predicted molar refractivity (Wildman–Crippen MR) is 142 cm³/mol. The fourth-order valence-electron chi connectivity index (χ4n) is 4.99. The van der Waals surface area contributed by atoms with Gasteiger partial charge in [-0.15, -0.1) is 0 Å². The molecule has 0 aliphatic carbocycles. The summed E-state index contributed by atoms with van der Waals surface area (Å²) in [5.74, 6) is 0.140. The third-order valence-electron chi connectivity index (χ3n) is 6.84. The van der Waals surface area contributed by atoms with Gasteiger partial charge in [0.25, 0.3) is 0 Å². The largest absolute Gasteiger partial charge is 0.324 e. The number of benzene rings is 1. The first-order valence-corrected chi connectivity index (χ1v) is 13.1. The summed E-state index contributed by atoms with van der Waals surface area (Å²) in [4.78, 5) is 11.3. The Bertz CT molecular complexity index is 1790. The van der Waals surface area contributed by atoms with Crippen LogP contribution in [0.5, 0.6) is 0 Å². The van der Waals surface area contributed by atoms with Gasteiger partial charge in [-0.2, -0.15) is 20.4 Å². The van der Waals surface area contributed by atoms with Crippen molar-refractivity contribution in [3.05, 3.63) is 77.2 Å². The third kappa shape index (κ3) is 4.49. The Labute approximate surface area is 227 Å². The second-order valence-electron chi connectivity index (χ2n) is 9.34. The van der Waals surface area contributed by atoms with E-state index in [2.05, 4.69) is 31.1 Å². The molecular formula is C27H22FN9OS. The summed E-state index contributed by atoms with van der Waals surface area (Å²) in [5.41, 5.74) is 4.06. The normalized spacial score (nSPS) is 15.4. The van der Waals surface area contributed by atoms with Crippen LogP contribution in [0.2, 0.25) is 0 Å². The summed E-state index contributed by atoms with van der Waals surface area (Å²) >= 11 is 1.31. The molecule has 5 aromatic rings. The van der Waals surface area contributed by atoms with Crippen LogP contribution < -0.4 is 4.90 Å². The molecule has 39 heavy (non-hydrogen) atoms. The van der Waals surface area contributed by atoms with E-state index in [0.717, 1.165) is 41.1 Å². The van der Waals surface area contributed by atoms with Crippen molar-refractivity contribution in [2.45, 2.75) is 42.5 Å². The highest BCUT2D eigenvalue weighted by Gasteiger charge is 2.27. The molecule has 10 nitrogen and oxygen atoms in total. The fourth-order valence-corrected chi connectivity index (χ4v) is 6.06. The lowest BCUT2D eigenvalue weighted by molar-refractivity contribution is 0.341. The van der Waals surface area contributed by atoms with Gasteiger partial charge in [-0.1, -0.05) is 23.0 Å². The van der Waals surface area contributed by atoms with Crippen molar-refractivity contribution >= 4 is 29.0 Å². The van der Waals surface area contributed by atoms with Crippen LogP contribution in [0.1, 0.15) is 36.0 Å². The predicted octanol–water partition coefficient (Wildman–Crippen LogP) is 5.75. The van der Waals surface area contributed by atoms with E-state index in [-0.39, 0.29) is 11.7 Å². The van der Waals surface area contributed by atoms with Gasteiger partial charge in [0.1, 0.15) is 11.9 Å². The number of fused-ring (bicyclic) bond motifs is 1. The molecule has 6 rings (SSSR count). The Morgan fingerprint density at radius 1 is 1.21 bits per heavy atom. The monoisotopic (exact) mass is 539 g/mol. The molecule has 1 atom stereocenters. The van der Waals surface area contributed by atoms with Gasteiger partial charge in [0, 0.05) is 45.9 Å². The van der Waals surface area contributed by atoms with E-state index in [1.807, 2.05) is 30.1 Å². The lowest BCUT2D eigenvalue weighted by Gasteiger charge is -2.32. The molecular weight excluding hydrogens is 517 g/mol. The van der Waals surface area contributed by atoms with Crippen LogP contribution in [0.15, 0.2) is 57.2 Å². The molecule has 1 fully saturated rings. The van der Waals surface area contributed by atoms with Crippen molar-refractivity contribution in [1.29, 1.82) is 5.26 Å². The maximum atomic E-state index is 13.8. The van der Waals surface area contributed by atoms with Gasteiger partial charge in [0.15, 0.2) is 5.82 Å². The van der Waals surface area contributed by atoms with Gasteiger partial charge < -0.3 is 9.42 Å². The molecule has 1 saturated heterocycles. The number of halogens is 1. The van der Waals surface area contributed by atoms with Crippen molar-refractivity contribution in [2.75, 3.05) is 18.0 Å². The fraction of sp³-hybridized carbons (Fsp3) is 0.259. The maximum Gasteiger partial charge on any atom is 0.324 e. The van der Waals surface area contributed by atoms with Crippen LogP contribution in [0.3, 0.4) is 0 Å². The number of aryl methyl sites for hydroxylation is 1. The first kappa shape index (κ1) is 24.6. The number of pyridine rings is 1. The highest BCUT2D eigenvalue weighted by atomic mass is 32.2. The zero-order valence-corrected chi connectivity index (χ0v) is 22.0. The van der Waals surface area contributed by atoms with Crippen LogP contribution in [-0.2, 0) is 0 Å². The smallest absolute Gasteiger partial charge is 0.322 e. The van der Waals surface area contributed by atoms with Crippen LogP contribution >= 0.6 is 11.8 Å². The molecule has 194 valence electrons. The molecule has 0 bridgehead atoms. The minimum absolute atomic E-state index is 0.132. The molecule has 4 aromatic heterocycles. The summed E-state index contributed by atoms with van der Waals surface area (Å²) in [7, 11) is 0. The third-order valence-corrected chi connectivity index (χ3v) is 7.94. The van der Waals surface area contributed by atoms with Gasteiger partial charge in [0.2, 0.25) is 5.69 Å². The van der Waals surface area contributed by atoms with Gasteiger partial charge >= 0.3 is 6.01 Å². The average molecular weight is 540 g/mol. The molecule has 0 unspecified atom stereocenters. The Balaban J connectivity index is 1.38. The van der Waals surface area contributed by atoms with E-state index in [9.17, 15) is 9.65 Å². The Morgan fingerprint density at radius 2 is 2.08 bits per heavy atom. The van der Waals surface area contributed by atoms with Crippen molar-refractivity contribution in [2.24, 2.45) is 0 Å². The first-order valence-electron chi connectivity index (χ1n) is 12.3. The standard InChI is InChI=1S/C27H22FN9OS/c1-16-22(13-32-37(16)21-5-4-8-35(15-21)27-33-17(2)34-38-27)18-9-25(26-19(11-29)12-31-36(26)14-18)39-24-7-6-20(28)10-23(24)30-3/h6-7,9-10,12-14,21H,4-5,8,15H2,1-2H3/t21-/m0/s1. The van der Waals surface area contributed by atoms with Gasteiger partial charge in [-0.3, -0.25) is 4.68 Å². The molecule has 0 N–H and O–H groups in total. The van der Waals surface area contributed by atoms with Crippen molar-refractivity contribution in [1.82, 2.24) is 29.5 Å². The Kier molecular flexibility index (Phi) is 6.25. The molecule has 1 aliphatic heterocycles. The molecule has 0 spiro atoms. The van der Waals surface area contributed by atoms with Crippen molar-refractivity contribution in [3.63, 3.8) is 0 Å². The number of hydrogen-bond donors (Lipinski definition) is 0. The second kappa shape index (κ2) is 9.89. The van der Waals surface area contributed by atoms with E-state index < -0.39 is 5.82 Å². The van der Waals surface area contributed by atoms with Gasteiger partial charge in [-0.05, 0) is 44.9 Å². The maximum absolute atomic E-state index is 13.8.